The van der Waals surface area contributed by atoms with Gasteiger partial charge in [-0.3, -0.25) is 0 Å². The lowest BCUT2D eigenvalue weighted by Crippen LogP contribution is -2.60. The summed E-state index contributed by atoms with van der Waals surface area (Å²) in [5, 5.41) is 27.4. The molecule has 5 heteroatoms. The van der Waals surface area contributed by atoms with Crippen molar-refractivity contribution >= 4 is 0 Å². The normalized spacial score (nSPS) is 49.2. The summed E-state index contributed by atoms with van der Waals surface area (Å²) in [4.78, 5) is 0. The Labute approximate surface area is 70.8 Å². The first-order chi connectivity index (χ1) is 5.57. The zero-order valence-corrected chi connectivity index (χ0v) is 6.92. The maximum Gasteiger partial charge on any atom is 0.110 e. The molecule has 1 rings (SSSR count). The van der Waals surface area contributed by atoms with Crippen LogP contribution in [0.1, 0.15) is 6.92 Å². The van der Waals surface area contributed by atoms with Gasteiger partial charge in [-0.05, 0) is 6.92 Å². The third kappa shape index (κ3) is 1.60. The average molecular weight is 177 g/mol. The van der Waals surface area contributed by atoms with Crippen LogP contribution in [0.3, 0.4) is 0 Å². The van der Waals surface area contributed by atoms with Crippen molar-refractivity contribution in [2.24, 2.45) is 5.73 Å². The van der Waals surface area contributed by atoms with Crippen molar-refractivity contribution in [3.8, 4) is 0 Å². The molecule has 5 N–H and O–H groups in total. The van der Waals surface area contributed by atoms with Gasteiger partial charge in [0, 0.05) is 0 Å². The van der Waals surface area contributed by atoms with E-state index in [-0.39, 0.29) is 12.7 Å². The van der Waals surface area contributed by atoms with Gasteiger partial charge in [0.05, 0.1) is 18.8 Å². The predicted molar refractivity (Wildman–Crippen MR) is 41.4 cm³/mol. The molecule has 0 radical (unpaired) electrons. The van der Waals surface area contributed by atoms with Crippen molar-refractivity contribution in [2.75, 3.05) is 6.61 Å². The fourth-order valence-electron chi connectivity index (χ4n) is 1.32. The fraction of sp³-hybridized carbons (Fsp3) is 1.00. The van der Waals surface area contributed by atoms with Crippen LogP contribution in [0, 0.1) is 0 Å². The maximum atomic E-state index is 9.35. The van der Waals surface area contributed by atoms with Crippen LogP contribution in [0.25, 0.3) is 0 Å². The van der Waals surface area contributed by atoms with Gasteiger partial charge >= 0.3 is 0 Å². The molecule has 12 heavy (non-hydrogen) atoms. The number of aliphatic hydroxyl groups is 3. The van der Waals surface area contributed by atoms with E-state index in [1.165, 1.54) is 0 Å². The van der Waals surface area contributed by atoms with Crippen molar-refractivity contribution < 1.29 is 20.1 Å². The smallest absolute Gasteiger partial charge is 0.110 e. The monoisotopic (exact) mass is 177 g/mol. The summed E-state index contributed by atoms with van der Waals surface area (Å²) < 4.78 is 5.15. The highest BCUT2D eigenvalue weighted by Gasteiger charge is 2.40. The van der Waals surface area contributed by atoms with E-state index in [2.05, 4.69) is 0 Å². The van der Waals surface area contributed by atoms with E-state index in [1.807, 2.05) is 0 Å². The molecule has 0 saturated carbocycles. The predicted octanol–water partition coefficient (Wildman–Crippen LogP) is -2.18. The van der Waals surface area contributed by atoms with Crippen molar-refractivity contribution in [3.05, 3.63) is 0 Å². The first kappa shape index (κ1) is 9.88. The lowest BCUT2D eigenvalue weighted by atomic mass is 9.94. The van der Waals surface area contributed by atoms with Crippen LogP contribution in [0.15, 0.2) is 0 Å². The van der Waals surface area contributed by atoms with Gasteiger partial charge < -0.3 is 25.8 Å². The molecule has 0 bridgehead atoms. The number of rotatable bonds is 1. The summed E-state index contributed by atoms with van der Waals surface area (Å²) in [7, 11) is 0. The van der Waals surface area contributed by atoms with E-state index in [0.717, 1.165) is 0 Å². The van der Waals surface area contributed by atoms with Crippen LogP contribution in [0.2, 0.25) is 0 Å². The minimum absolute atomic E-state index is 0.310. The highest BCUT2D eigenvalue weighted by molar-refractivity contribution is 4.92. The molecule has 0 aromatic carbocycles. The van der Waals surface area contributed by atoms with Crippen molar-refractivity contribution in [1.82, 2.24) is 0 Å². The van der Waals surface area contributed by atoms with E-state index in [1.54, 1.807) is 6.92 Å². The van der Waals surface area contributed by atoms with Crippen LogP contribution in [0.4, 0.5) is 0 Å². The van der Waals surface area contributed by atoms with Gasteiger partial charge in [-0.15, -0.1) is 0 Å². The van der Waals surface area contributed by atoms with Crippen LogP contribution >= 0.6 is 0 Å². The average Bonchev–Trinajstić information content (AvgIpc) is 2.08. The quantitative estimate of drug-likeness (QED) is 0.365. The van der Waals surface area contributed by atoms with E-state index in [9.17, 15) is 10.2 Å². The Kier molecular flexibility index (Phi) is 3.03. The highest BCUT2D eigenvalue weighted by atomic mass is 16.5. The number of hydrogen-bond acceptors (Lipinski definition) is 5. The van der Waals surface area contributed by atoms with Gasteiger partial charge in [-0.25, -0.2) is 0 Å². The Morgan fingerprint density at radius 1 is 1.33 bits per heavy atom. The number of nitrogens with two attached hydrogens (primary N) is 1. The fourth-order valence-corrected chi connectivity index (χ4v) is 1.32. The molecule has 1 saturated heterocycles. The summed E-state index contributed by atoms with van der Waals surface area (Å²) in [5.41, 5.74) is 5.51. The summed E-state index contributed by atoms with van der Waals surface area (Å²) >= 11 is 0. The molecule has 0 spiro atoms. The second kappa shape index (κ2) is 3.68. The summed E-state index contributed by atoms with van der Waals surface area (Å²) in [6.45, 7) is 1.39. The van der Waals surface area contributed by atoms with Gasteiger partial charge in [0.15, 0.2) is 0 Å². The summed E-state index contributed by atoms with van der Waals surface area (Å²) in [6.07, 6.45) is -3.19. The molecular weight excluding hydrogens is 162 g/mol. The van der Waals surface area contributed by atoms with E-state index >= 15 is 0 Å². The first-order valence-electron chi connectivity index (χ1n) is 3.96. The summed E-state index contributed by atoms with van der Waals surface area (Å²) in [5.74, 6) is 0. The van der Waals surface area contributed by atoms with Crippen molar-refractivity contribution in [1.29, 1.82) is 0 Å². The molecule has 0 amide bonds. The molecule has 5 atom stereocenters. The molecule has 1 fully saturated rings. The molecule has 0 aromatic rings. The Morgan fingerprint density at radius 3 is 2.42 bits per heavy atom. The Bertz CT molecular complexity index is 150. The maximum absolute atomic E-state index is 9.35. The van der Waals surface area contributed by atoms with Gasteiger partial charge in [0.2, 0.25) is 0 Å². The second-order valence-electron chi connectivity index (χ2n) is 3.12. The van der Waals surface area contributed by atoms with Gasteiger partial charge in [-0.2, -0.15) is 0 Å². The van der Waals surface area contributed by atoms with E-state index < -0.39 is 24.4 Å². The third-order valence-corrected chi connectivity index (χ3v) is 2.24. The largest absolute Gasteiger partial charge is 0.394 e. The molecule has 0 unspecified atom stereocenters. The topological polar surface area (TPSA) is 95.9 Å². The molecule has 1 aliphatic heterocycles. The van der Waals surface area contributed by atoms with Crippen LogP contribution in [0.5, 0.6) is 0 Å². The number of hydrogen-bond donors (Lipinski definition) is 4. The standard InChI is InChI=1S/C7H15NO4/c1-3-5(8)7(11)6(10)4(2-9)12-3/h3-7,9-11H,2,8H2,1H3/t3-,4+,5-,6+,7+/m1/s1. The number of aliphatic hydroxyl groups excluding tert-OH is 3. The van der Waals surface area contributed by atoms with E-state index in [4.69, 9.17) is 15.6 Å². The molecule has 0 aromatic heterocycles. The lowest BCUT2D eigenvalue weighted by Gasteiger charge is -2.39. The zero-order valence-electron chi connectivity index (χ0n) is 6.92. The minimum Gasteiger partial charge on any atom is -0.394 e. The second-order valence-corrected chi connectivity index (χ2v) is 3.12. The minimum atomic E-state index is -1.10. The number of ether oxygens (including phenoxy) is 1. The van der Waals surface area contributed by atoms with Crippen LogP contribution in [-0.2, 0) is 4.74 Å². The van der Waals surface area contributed by atoms with Gasteiger partial charge in [0.1, 0.15) is 18.3 Å². The zero-order chi connectivity index (χ0) is 9.30. The Balaban J connectivity index is 2.63. The molecule has 0 aliphatic carbocycles. The third-order valence-electron chi connectivity index (χ3n) is 2.24. The Morgan fingerprint density at radius 2 is 1.92 bits per heavy atom. The summed E-state index contributed by atoms with van der Waals surface area (Å²) in [6, 6.07) is -0.595. The van der Waals surface area contributed by atoms with Gasteiger partial charge in [0.25, 0.3) is 0 Å². The van der Waals surface area contributed by atoms with E-state index in [0.29, 0.717) is 0 Å². The molecule has 1 aliphatic rings. The van der Waals surface area contributed by atoms with Crippen molar-refractivity contribution in [2.45, 2.75) is 37.4 Å². The van der Waals surface area contributed by atoms with Crippen LogP contribution < -0.4 is 5.73 Å². The van der Waals surface area contributed by atoms with Crippen LogP contribution in [-0.4, -0.2) is 52.4 Å². The van der Waals surface area contributed by atoms with Gasteiger partial charge in [-0.1, -0.05) is 0 Å². The van der Waals surface area contributed by atoms with Crippen molar-refractivity contribution in [3.63, 3.8) is 0 Å². The lowest BCUT2D eigenvalue weighted by molar-refractivity contribution is -0.183. The Hall–Kier alpha value is -0.200. The highest BCUT2D eigenvalue weighted by Crippen LogP contribution is 2.18. The SMILES string of the molecule is C[C@H]1O[C@@H](CO)[C@H](O)[C@@H](O)[C@@H]1N. The molecular formula is C7H15NO4. The molecule has 5 nitrogen and oxygen atoms in total. The first-order valence-corrected chi connectivity index (χ1v) is 3.96. The molecule has 1 heterocycles. The molecule has 72 valence electrons.